The molecule has 4 heteroatoms. The van der Waals surface area contributed by atoms with Crippen LogP contribution in [0.1, 0.15) is 12.5 Å². The van der Waals surface area contributed by atoms with Gasteiger partial charge in [0.25, 0.3) is 0 Å². The molecule has 1 aliphatic rings. The number of amidine groups is 1. The van der Waals surface area contributed by atoms with Crippen molar-refractivity contribution in [3.63, 3.8) is 0 Å². The first-order chi connectivity index (χ1) is 8.31. The van der Waals surface area contributed by atoms with E-state index in [1.807, 2.05) is 23.9 Å². The largest absolute Gasteiger partial charge is 0.378 e. The second-order valence-electron chi connectivity index (χ2n) is 3.91. The maximum atomic E-state index is 8.16. The molecule has 1 fully saturated rings. The van der Waals surface area contributed by atoms with Crippen LogP contribution in [0.4, 0.5) is 0 Å². The third kappa shape index (κ3) is 3.23. The summed E-state index contributed by atoms with van der Waals surface area (Å²) in [5.41, 5.74) is 0.993. The number of hydrogen-bond acceptors (Lipinski definition) is 3. The fraction of sp³-hybridized carbons (Fsp3) is 0.462. The number of morpholine rings is 1. The maximum Gasteiger partial charge on any atom is 0.128 e. The summed E-state index contributed by atoms with van der Waals surface area (Å²) in [5, 5.41) is 8.16. The Morgan fingerprint density at radius 2 is 1.94 bits per heavy atom. The first-order valence-electron chi connectivity index (χ1n) is 5.95. The lowest BCUT2D eigenvalue weighted by atomic mass is 10.2. The summed E-state index contributed by atoms with van der Waals surface area (Å²) in [6.45, 7) is 5.25. The number of hydrogen-bond donors (Lipinski definition) is 1. The van der Waals surface area contributed by atoms with Gasteiger partial charge in [0.15, 0.2) is 0 Å². The molecule has 1 aromatic carbocycles. The van der Waals surface area contributed by atoms with Crippen molar-refractivity contribution < 1.29 is 4.74 Å². The van der Waals surface area contributed by atoms with E-state index >= 15 is 0 Å². The number of rotatable bonds is 3. The third-order valence-electron chi connectivity index (χ3n) is 2.77. The van der Waals surface area contributed by atoms with Crippen molar-refractivity contribution in [2.24, 2.45) is 0 Å². The number of ether oxygens (including phenoxy) is 1. The minimum atomic E-state index is 0.612. The van der Waals surface area contributed by atoms with E-state index in [1.165, 1.54) is 4.90 Å². The van der Waals surface area contributed by atoms with E-state index in [9.17, 15) is 0 Å². The minimum absolute atomic E-state index is 0.612. The van der Waals surface area contributed by atoms with E-state index in [2.05, 4.69) is 24.0 Å². The Kier molecular flexibility index (Phi) is 4.45. The van der Waals surface area contributed by atoms with E-state index in [1.54, 1.807) is 0 Å². The van der Waals surface area contributed by atoms with Gasteiger partial charge in [-0.15, -0.1) is 11.8 Å². The summed E-state index contributed by atoms with van der Waals surface area (Å²) in [4.78, 5) is 3.34. The highest BCUT2D eigenvalue weighted by Gasteiger charge is 2.14. The van der Waals surface area contributed by atoms with Crippen molar-refractivity contribution in [1.29, 1.82) is 5.41 Å². The fourth-order valence-corrected chi connectivity index (χ4v) is 2.51. The van der Waals surface area contributed by atoms with Crippen molar-refractivity contribution >= 4 is 17.6 Å². The van der Waals surface area contributed by atoms with Crippen molar-refractivity contribution in [1.82, 2.24) is 4.90 Å². The quantitative estimate of drug-likeness (QED) is 0.508. The van der Waals surface area contributed by atoms with Gasteiger partial charge in [0, 0.05) is 23.5 Å². The van der Waals surface area contributed by atoms with Gasteiger partial charge in [-0.2, -0.15) is 0 Å². The molecular weight excluding hydrogens is 232 g/mol. The third-order valence-corrected chi connectivity index (χ3v) is 3.66. The molecular formula is C13H18N2OS. The van der Waals surface area contributed by atoms with Crippen molar-refractivity contribution in [3.05, 3.63) is 29.8 Å². The molecule has 0 saturated carbocycles. The highest BCUT2D eigenvalue weighted by Crippen LogP contribution is 2.18. The molecule has 1 heterocycles. The van der Waals surface area contributed by atoms with Gasteiger partial charge >= 0.3 is 0 Å². The molecule has 92 valence electrons. The maximum absolute atomic E-state index is 8.16. The summed E-state index contributed by atoms with van der Waals surface area (Å²) in [6.07, 6.45) is 0. The van der Waals surface area contributed by atoms with E-state index in [-0.39, 0.29) is 0 Å². The van der Waals surface area contributed by atoms with E-state index in [0.29, 0.717) is 5.84 Å². The fourth-order valence-electron chi connectivity index (χ4n) is 1.85. The summed E-state index contributed by atoms with van der Waals surface area (Å²) in [5.74, 6) is 1.70. The minimum Gasteiger partial charge on any atom is -0.378 e. The lowest BCUT2D eigenvalue weighted by Crippen LogP contribution is -2.40. The van der Waals surface area contributed by atoms with Crippen molar-refractivity contribution in [2.45, 2.75) is 11.8 Å². The molecule has 1 aliphatic heterocycles. The standard InChI is InChI=1S/C13H18N2OS/c1-2-17-12-5-3-11(4-6-12)13(14)15-7-9-16-10-8-15/h3-6,14H,2,7-10H2,1H3. The van der Waals surface area contributed by atoms with E-state index in [4.69, 9.17) is 10.1 Å². The number of nitrogens with zero attached hydrogens (tertiary/aromatic N) is 1. The van der Waals surface area contributed by atoms with Crippen molar-refractivity contribution in [3.8, 4) is 0 Å². The van der Waals surface area contributed by atoms with Crippen LogP contribution in [-0.2, 0) is 4.74 Å². The molecule has 0 radical (unpaired) electrons. The first-order valence-corrected chi connectivity index (χ1v) is 6.94. The Morgan fingerprint density at radius 1 is 1.29 bits per heavy atom. The zero-order valence-electron chi connectivity index (χ0n) is 10.1. The molecule has 0 aromatic heterocycles. The molecule has 0 bridgehead atoms. The lowest BCUT2D eigenvalue weighted by molar-refractivity contribution is 0.0680. The van der Waals surface area contributed by atoms with E-state index in [0.717, 1.165) is 37.6 Å². The van der Waals surface area contributed by atoms with Crippen LogP contribution in [0.3, 0.4) is 0 Å². The number of nitrogens with one attached hydrogen (secondary N) is 1. The summed E-state index contributed by atoms with van der Waals surface area (Å²) in [7, 11) is 0. The van der Waals surface area contributed by atoms with Crippen LogP contribution in [0.25, 0.3) is 0 Å². The molecule has 0 spiro atoms. The molecule has 1 aromatic rings. The molecule has 3 nitrogen and oxygen atoms in total. The first kappa shape index (κ1) is 12.5. The van der Waals surface area contributed by atoms with Gasteiger partial charge in [0.1, 0.15) is 5.84 Å². The Balaban J connectivity index is 2.03. The molecule has 17 heavy (non-hydrogen) atoms. The topological polar surface area (TPSA) is 36.3 Å². The van der Waals surface area contributed by atoms with Crippen LogP contribution < -0.4 is 0 Å². The van der Waals surface area contributed by atoms with Crippen LogP contribution in [-0.4, -0.2) is 42.8 Å². The van der Waals surface area contributed by atoms with Gasteiger partial charge < -0.3 is 9.64 Å². The second-order valence-corrected chi connectivity index (χ2v) is 5.24. The Morgan fingerprint density at radius 3 is 2.53 bits per heavy atom. The average molecular weight is 250 g/mol. The summed E-state index contributed by atoms with van der Waals surface area (Å²) in [6, 6.07) is 8.27. The average Bonchev–Trinajstić information content (AvgIpc) is 2.40. The zero-order chi connectivity index (χ0) is 12.1. The van der Waals surface area contributed by atoms with Crippen molar-refractivity contribution in [2.75, 3.05) is 32.1 Å². The van der Waals surface area contributed by atoms with Crippen LogP contribution >= 0.6 is 11.8 Å². The molecule has 0 atom stereocenters. The van der Waals surface area contributed by atoms with Gasteiger partial charge in [0.2, 0.25) is 0 Å². The smallest absolute Gasteiger partial charge is 0.128 e. The molecule has 0 unspecified atom stereocenters. The van der Waals surface area contributed by atoms with Gasteiger partial charge in [-0.3, -0.25) is 5.41 Å². The Labute approximate surface area is 107 Å². The van der Waals surface area contributed by atoms with Gasteiger partial charge in [-0.1, -0.05) is 19.1 Å². The number of benzene rings is 1. The highest BCUT2D eigenvalue weighted by molar-refractivity contribution is 7.99. The molecule has 0 aliphatic carbocycles. The molecule has 0 amide bonds. The normalized spacial score (nSPS) is 15.9. The van der Waals surface area contributed by atoms with Gasteiger partial charge in [-0.25, -0.2) is 0 Å². The molecule has 2 rings (SSSR count). The van der Waals surface area contributed by atoms with E-state index < -0.39 is 0 Å². The van der Waals surface area contributed by atoms with Crippen LogP contribution in [0, 0.1) is 5.41 Å². The predicted octanol–water partition coefficient (Wildman–Crippen LogP) is 2.46. The SMILES string of the molecule is CCSc1ccc(C(=N)N2CCOCC2)cc1. The monoisotopic (exact) mass is 250 g/mol. The van der Waals surface area contributed by atoms with Crippen LogP contribution in [0.5, 0.6) is 0 Å². The van der Waals surface area contributed by atoms with Gasteiger partial charge in [0.05, 0.1) is 13.2 Å². The molecule has 1 saturated heterocycles. The summed E-state index contributed by atoms with van der Waals surface area (Å²) >= 11 is 1.83. The zero-order valence-corrected chi connectivity index (χ0v) is 10.9. The highest BCUT2D eigenvalue weighted by atomic mass is 32.2. The molecule has 1 N–H and O–H groups in total. The Hall–Kier alpha value is -1.00. The summed E-state index contributed by atoms with van der Waals surface area (Å²) < 4.78 is 5.30. The van der Waals surface area contributed by atoms with Gasteiger partial charge in [-0.05, 0) is 17.9 Å². The van der Waals surface area contributed by atoms with Crippen LogP contribution in [0.2, 0.25) is 0 Å². The van der Waals surface area contributed by atoms with Crippen LogP contribution in [0.15, 0.2) is 29.2 Å². The predicted molar refractivity (Wildman–Crippen MR) is 72.1 cm³/mol. The second kappa shape index (κ2) is 6.07. The Bertz CT molecular complexity index is 372. The number of thioether (sulfide) groups is 1. The lowest BCUT2D eigenvalue weighted by Gasteiger charge is -2.29.